The maximum atomic E-state index is 11.9. The van der Waals surface area contributed by atoms with Gasteiger partial charge >= 0.3 is 5.97 Å². The molecule has 36 heavy (non-hydrogen) atoms. The van der Waals surface area contributed by atoms with Gasteiger partial charge in [0.05, 0.1) is 35.2 Å². The monoisotopic (exact) mass is 477 g/mol. The number of imidazole rings is 1. The van der Waals surface area contributed by atoms with E-state index in [0.29, 0.717) is 50.9 Å². The van der Waals surface area contributed by atoms with E-state index in [1.165, 1.54) is 13.3 Å². The standard InChI is InChI=1S/C25H17N7O2.C2H6/c1-34-25(33)16-5-7-17(8-6-16)32-23(18-3-2-12-28-22(18)27)31-21-11-10-20(30-24(21)32)19-9-4-15(13-26)14-29-19;1-2/h2-12,14H,1H3,(H2,27,28);1-2H3. The number of aromatic nitrogens is 5. The van der Waals surface area contributed by atoms with Crippen LogP contribution in [0.2, 0.25) is 0 Å². The van der Waals surface area contributed by atoms with Crippen molar-refractivity contribution in [2.24, 2.45) is 0 Å². The molecule has 5 aromatic rings. The molecule has 0 radical (unpaired) electrons. The SMILES string of the molecule is CC.COC(=O)c1ccc(-n2c(-c3cccnc3N)nc3ccc(-c4ccc(C#N)cn4)nc32)cc1. The predicted molar refractivity (Wildman–Crippen MR) is 137 cm³/mol. The van der Waals surface area contributed by atoms with Crippen molar-refractivity contribution in [1.29, 1.82) is 5.26 Å². The predicted octanol–water partition coefficient (Wildman–Crippen LogP) is 4.81. The highest BCUT2D eigenvalue weighted by Gasteiger charge is 2.19. The summed E-state index contributed by atoms with van der Waals surface area (Å²) in [5.74, 6) is 0.467. The van der Waals surface area contributed by atoms with E-state index in [1.54, 1.807) is 48.7 Å². The van der Waals surface area contributed by atoms with Crippen LogP contribution in [0.3, 0.4) is 0 Å². The smallest absolute Gasteiger partial charge is 0.337 e. The molecule has 0 aliphatic carbocycles. The summed E-state index contributed by atoms with van der Waals surface area (Å²) in [7, 11) is 1.34. The number of nitrogens with zero attached hydrogens (tertiary/aromatic N) is 6. The molecule has 0 amide bonds. The molecule has 4 aromatic heterocycles. The molecule has 9 heteroatoms. The highest BCUT2D eigenvalue weighted by molar-refractivity contribution is 5.90. The van der Waals surface area contributed by atoms with Gasteiger partial charge in [-0.25, -0.2) is 19.7 Å². The lowest BCUT2D eigenvalue weighted by Crippen LogP contribution is -2.04. The molecule has 1 aromatic carbocycles. The molecular formula is C27H23N7O2. The molecule has 2 N–H and O–H groups in total. The Morgan fingerprint density at radius 1 is 0.972 bits per heavy atom. The number of anilines is 1. The van der Waals surface area contributed by atoms with Crippen LogP contribution in [0.15, 0.2) is 73.1 Å². The fourth-order valence-electron chi connectivity index (χ4n) is 3.61. The van der Waals surface area contributed by atoms with Crippen LogP contribution in [-0.2, 0) is 4.74 Å². The van der Waals surface area contributed by atoms with Gasteiger partial charge in [0.15, 0.2) is 11.5 Å². The van der Waals surface area contributed by atoms with E-state index >= 15 is 0 Å². The number of fused-ring (bicyclic) bond motifs is 1. The number of benzene rings is 1. The third-order valence-corrected chi connectivity index (χ3v) is 5.29. The van der Waals surface area contributed by atoms with Gasteiger partial charge in [0.1, 0.15) is 17.4 Å². The number of esters is 1. The van der Waals surface area contributed by atoms with Crippen molar-refractivity contribution in [3.05, 3.63) is 84.2 Å². The zero-order chi connectivity index (χ0) is 25.7. The molecule has 0 atom stereocenters. The zero-order valence-electron chi connectivity index (χ0n) is 20.0. The largest absolute Gasteiger partial charge is 0.465 e. The number of hydrogen-bond acceptors (Lipinski definition) is 8. The first-order chi connectivity index (χ1) is 17.6. The molecule has 0 fully saturated rings. The second kappa shape index (κ2) is 10.4. The lowest BCUT2D eigenvalue weighted by Gasteiger charge is -2.11. The van der Waals surface area contributed by atoms with Crippen molar-refractivity contribution in [3.8, 4) is 34.5 Å². The van der Waals surface area contributed by atoms with Crippen molar-refractivity contribution in [1.82, 2.24) is 24.5 Å². The molecule has 4 heterocycles. The number of carbonyl (C=O) groups excluding carboxylic acids is 1. The Labute approximate surface area is 207 Å². The van der Waals surface area contributed by atoms with E-state index in [0.717, 1.165) is 5.69 Å². The van der Waals surface area contributed by atoms with Crippen LogP contribution in [0.25, 0.3) is 39.6 Å². The van der Waals surface area contributed by atoms with Gasteiger partial charge < -0.3 is 10.5 Å². The van der Waals surface area contributed by atoms with Gasteiger partial charge in [-0.15, -0.1) is 0 Å². The van der Waals surface area contributed by atoms with Crippen LogP contribution in [0.5, 0.6) is 0 Å². The van der Waals surface area contributed by atoms with Crippen LogP contribution in [0.1, 0.15) is 29.8 Å². The van der Waals surface area contributed by atoms with Crippen molar-refractivity contribution >= 4 is 23.0 Å². The minimum atomic E-state index is -0.425. The van der Waals surface area contributed by atoms with E-state index in [4.69, 9.17) is 25.7 Å². The fourth-order valence-corrected chi connectivity index (χ4v) is 3.61. The highest BCUT2D eigenvalue weighted by Crippen LogP contribution is 2.31. The summed E-state index contributed by atoms with van der Waals surface area (Å²) in [4.78, 5) is 30.1. The third-order valence-electron chi connectivity index (χ3n) is 5.29. The molecule has 178 valence electrons. The second-order valence-corrected chi connectivity index (χ2v) is 7.33. The van der Waals surface area contributed by atoms with Crippen LogP contribution < -0.4 is 5.73 Å². The third kappa shape index (κ3) is 4.48. The first-order valence-electron chi connectivity index (χ1n) is 11.2. The van der Waals surface area contributed by atoms with Crippen LogP contribution in [-0.4, -0.2) is 37.6 Å². The molecule has 0 spiro atoms. The lowest BCUT2D eigenvalue weighted by molar-refractivity contribution is 0.0600. The normalized spacial score (nSPS) is 10.3. The zero-order valence-corrected chi connectivity index (χ0v) is 20.0. The Morgan fingerprint density at radius 3 is 2.36 bits per heavy atom. The van der Waals surface area contributed by atoms with E-state index in [2.05, 4.69) is 16.0 Å². The van der Waals surface area contributed by atoms with Crippen molar-refractivity contribution in [2.75, 3.05) is 12.8 Å². The highest BCUT2D eigenvalue weighted by atomic mass is 16.5. The van der Waals surface area contributed by atoms with E-state index in [9.17, 15) is 4.79 Å². The maximum absolute atomic E-state index is 11.9. The van der Waals surface area contributed by atoms with E-state index in [1.807, 2.05) is 36.6 Å². The Hall–Kier alpha value is -5.10. The number of carbonyl (C=O) groups is 1. The molecule has 0 saturated carbocycles. The fraction of sp³-hybridized carbons (Fsp3) is 0.111. The number of nitrogen functional groups attached to an aromatic ring is 1. The first kappa shape index (κ1) is 24.0. The van der Waals surface area contributed by atoms with Crippen molar-refractivity contribution in [3.63, 3.8) is 0 Å². The summed E-state index contributed by atoms with van der Waals surface area (Å²) in [6, 6.07) is 19.7. The van der Waals surface area contributed by atoms with Crippen LogP contribution in [0, 0.1) is 11.3 Å². The van der Waals surface area contributed by atoms with E-state index < -0.39 is 5.97 Å². The van der Waals surface area contributed by atoms with Crippen LogP contribution in [0.4, 0.5) is 5.82 Å². The van der Waals surface area contributed by atoms with Gasteiger partial charge in [-0.05, 0) is 60.7 Å². The molecule has 0 saturated heterocycles. The number of rotatable bonds is 4. The Balaban J connectivity index is 0.00000148. The number of hydrogen-bond donors (Lipinski definition) is 1. The van der Waals surface area contributed by atoms with Gasteiger partial charge in [0, 0.05) is 18.1 Å². The van der Waals surface area contributed by atoms with E-state index in [-0.39, 0.29) is 0 Å². The lowest BCUT2D eigenvalue weighted by atomic mass is 10.2. The second-order valence-electron chi connectivity index (χ2n) is 7.33. The summed E-state index contributed by atoms with van der Waals surface area (Å²) in [5, 5.41) is 9.04. The maximum Gasteiger partial charge on any atom is 0.337 e. The first-order valence-corrected chi connectivity index (χ1v) is 11.2. The molecule has 0 aliphatic heterocycles. The minimum Gasteiger partial charge on any atom is -0.465 e. The average Bonchev–Trinajstić information content (AvgIpc) is 3.32. The number of nitrogens with two attached hydrogens (primary N) is 1. The number of methoxy groups -OCH3 is 1. The van der Waals surface area contributed by atoms with Gasteiger partial charge in [-0.3, -0.25) is 9.55 Å². The molecule has 0 aliphatic rings. The quantitative estimate of drug-likeness (QED) is 0.365. The summed E-state index contributed by atoms with van der Waals surface area (Å²) >= 11 is 0. The summed E-state index contributed by atoms with van der Waals surface area (Å²) < 4.78 is 6.66. The van der Waals surface area contributed by atoms with Gasteiger partial charge in [0.25, 0.3) is 0 Å². The van der Waals surface area contributed by atoms with Gasteiger partial charge in [-0.1, -0.05) is 13.8 Å². The Morgan fingerprint density at radius 2 is 1.72 bits per heavy atom. The summed E-state index contributed by atoms with van der Waals surface area (Å²) in [6.07, 6.45) is 3.12. The number of nitriles is 1. The van der Waals surface area contributed by atoms with Gasteiger partial charge in [0.2, 0.25) is 0 Å². The number of ether oxygens (including phenoxy) is 1. The molecule has 0 bridgehead atoms. The van der Waals surface area contributed by atoms with Gasteiger partial charge in [-0.2, -0.15) is 5.26 Å². The van der Waals surface area contributed by atoms with Crippen LogP contribution >= 0.6 is 0 Å². The number of pyridine rings is 3. The molecule has 9 nitrogen and oxygen atoms in total. The van der Waals surface area contributed by atoms with Crippen molar-refractivity contribution < 1.29 is 9.53 Å². The molecule has 5 rings (SSSR count). The Kier molecular flexibility index (Phi) is 6.97. The molecule has 0 unspecified atom stereocenters. The summed E-state index contributed by atoms with van der Waals surface area (Å²) in [6.45, 7) is 4.00. The Bertz CT molecular complexity index is 1570. The minimum absolute atomic E-state index is 0.333. The average molecular weight is 478 g/mol. The van der Waals surface area contributed by atoms with Crippen molar-refractivity contribution in [2.45, 2.75) is 13.8 Å². The topological polar surface area (TPSA) is 133 Å². The molecular weight excluding hydrogens is 454 g/mol. The summed E-state index contributed by atoms with van der Waals surface area (Å²) in [5.41, 5.74) is 10.9.